The van der Waals surface area contributed by atoms with E-state index in [1.165, 1.54) is 0 Å². The second kappa shape index (κ2) is 6.42. The molecule has 0 fully saturated rings. The van der Waals surface area contributed by atoms with Gasteiger partial charge in [-0.05, 0) is 37.5 Å². The molecule has 0 saturated carbocycles. The van der Waals surface area contributed by atoms with E-state index in [1.807, 2.05) is 26.8 Å². The lowest BCUT2D eigenvalue weighted by Crippen LogP contribution is -2.25. The number of rotatable bonds is 4. The summed E-state index contributed by atoms with van der Waals surface area (Å²) >= 11 is 0. The van der Waals surface area contributed by atoms with E-state index in [0.717, 1.165) is 53.2 Å². The van der Waals surface area contributed by atoms with Gasteiger partial charge in [0.15, 0.2) is 12.4 Å². The van der Waals surface area contributed by atoms with Crippen molar-refractivity contribution in [2.75, 3.05) is 18.5 Å². The number of aryl methyl sites for hydroxylation is 2. The van der Waals surface area contributed by atoms with Crippen LogP contribution in [0.3, 0.4) is 0 Å². The summed E-state index contributed by atoms with van der Waals surface area (Å²) in [6.07, 6.45) is 0.899. The number of carbonyl (C=O) groups excluding carboxylic acids is 1. The largest absolute Gasteiger partial charge is 0.483 e. The Bertz CT molecular complexity index is 736. The smallest absolute Gasteiger partial charge is 0.263 e. The molecule has 0 saturated heterocycles. The van der Waals surface area contributed by atoms with E-state index in [4.69, 9.17) is 4.74 Å². The summed E-state index contributed by atoms with van der Waals surface area (Å²) in [7, 11) is 0. The molecule has 1 aromatic heterocycles. The predicted molar refractivity (Wildman–Crippen MR) is 88.8 cm³/mol. The molecule has 3 rings (SSSR count). The number of aromatic amines is 1. The summed E-state index contributed by atoms with van der Waals surface area (Å²) in [6.45, 7) is 7.64. The molecule has 1 aromatic carbocycles. The standard InChI is InChI=1S/C17H22N4O2/c1-10-4-5-11(2)16(12(10)3)23-9-15(22)19-17-13-8-18-7-6-14(13)20-21-17/h4-5,18H,6-9H2,1-3H3,(H2,19,20,21,22). The minimum atomic E-state index is -0.204. The van der Waals surface area contributed by atoms with Crippen LogP contribution in [-0.2, 0) is 17.8 Å². The number of nitrogens with one attached hydrogen (secondary N) is 3. The van der Waals surface area contributed by atoms with Crippen molar-refractivity contribution in [1.82, 2.24) is 15.5 Å². The Morgan fingerprint density at radius 2 is 2.09 bits per heavy atom. The molecule has 0 unspecified atom stereocenters. The molecule has 2 heterocycles. The van der Waals surface area contributed by atoms with Crippen molar-refractivity contribution in [2.45, 2.75) is 33.7 Å². The minimum absolute atomic E-state index is 0.0276. The lowest BCUT2D eigenvalue weighted by atomic mass is 10.1. The molecule has 0 atom stereocenters. The van der Waals surface area contributed by atoms with E-state index in [1.54, 1.807) is 0 Å². The Hall–Kier alpha value is -2.34. The number of benzene rings is 1. The van der Waals surface area contributed by atoms with Gasteiger partial charge in [0.25, 0.3) is 5.91 Å². The number of hydrogen-bond acceptors (Lipinski definition) is 4. The number of amides is 1. The van der Waals surface area contributed by atoms with Crippen LogP contribution in [0.25, 0.3) is 0 Å². The SMILES string of the molecule is Cc1ccc(C)c(OCC(=O)Nc2n[nH]c3c2CNCC3)c1C. The molecule has 1 aliphatic heterocycles. The lowest BCUT2D eigenvalue weighted by Gasteiger charge is -2.15. The summed E-state index contributed by atoms with van der Waals surface area (Å²) in [5, 5.41) is 13.3. The molecule has 3 N–H and O–H groups in total. The molecule has 0 aliphatic carbocycles. The fourth-order valence-corrected chi connectivity index (χ4v) is 2.78. The van der Waals surface area contributed by atoms with Crippen molar-refractivity contribution >= 4 is 11.7 Å². The van der Waals surface area contributed by atoms with Crippen molar-refractivity contribution in [1.29, 1.82) is 0 Å². The van der Waals surface area contributed by atoms with E-state index < -0.39 is 0 Å². The summed E-state index contributed by atoms with van der Waals surface area (Å²) in [6, 6.07) is 4.06. The van der Waals surface area contributed by atoms with Gasteiger partial charge in [-0.1, -0.05) is 12.1 Å². The van der Waals surface area contributed by atoms with E-state index in [2.05, 4.69) is 26.9 Å². The molecule has 6 nitrogen and oxygen atoms in total. The highest BCUT2D eigenvalue weighted by molar-refractivity contribution is 5.91. The van der Waals surface area contributed by atoms with Gasteiger partial charge in [-0.15, -0.1) is 0 Å². The highest BCUT2D eigenvalue weighted by Crippen LogP contribution is 2.26. The van der Waals surface area contributed by atoms with Crippen LogP contribution in [0.15, 0.2) is 12.1 Å². The first-order valence-corrected chi connectivity index (χ1v) is 7.82. The van der Waals surface area contributed by atoms with Crippen LogP contribution >= 0.6 is 0 Å². The van der Waals surface area contributed by atoms with Crippen LogP contribution < -0.4 is 15.4 Å². The molecule has 122 valence electrons. The van der Waals surface area contributed by atoms with Crippen LogP contribution in [0.4, 0.5) is 5.82 Å². The fourth-order valence-electron chi connectivity index (χ4n) is 2.78. The third-order valence-electron chi connectivity index (χ3n) is 4.29. The monoisotopic (exact) mass is 314 g/mol. The molecule has 2 aromatic rings. The van der Waals surface area contributed by atoms with Gasteiger partial charge in [-0.3, -0.25) is 9.89 Å². The van der Waals surface area contributed by atoms with Crippen molar-refractivity contribution in [3.05, 3.63) is 40.1 Å². The number of fused-ring (bicyclic) bond motifs is 1. The van der Waals surface area contributed by atoms with E-state index >= 15 is 0 Å². The van der Waals surface area contributed by atoms with Crippen molar-refractivity contribution in [3.8, 4) is 5.75 Å². The van der Waals surface area contributed by atoms with Gasteiger partial charge in [0.2, 0.25) is 0 Å². The van der Waals surface area contributed by atoms with Crippen LogP contribution in [0, 0.1) is 20.8 Å². The van der Waals surface area contributed by atoms with E-state index in [-0.39, 0.29) is 12.5 Å². The van der Waals surface area contributed by atoms with Crippen LogP contribution in [0.1, 0.15) is 27.9 Å². The third kappa shape index (κ3) is 3.22. The Morgan fingerprint density at radius 1 is 1.30 bits per heavy atom. The average molecular weight is 314 g/mol. The molecule has 1 aliphatic rings. The average Bonchev–Trinajstić information content (AvgIpc) is 2.94. The van der Waals surface area contributed by atoms with E-state index in [9.17, 15) is 4.79 Å². The van der Waals surface area contributed by atoms with Crippen molar-refractivity contribution in [3.63, 3.8) is 0 Å². The van der Waals surface area contributed by atoms with Gasteiger partial charge < -0.3 is 15.4 Å². The summed E-state index contributed by atoms with van der Waals surface area (Å²) in [4.78, 5) is 12.2. The summed E-state index contributed by atoms with van der Waals surface area (Å²) in [5.74, 6) is 1.18. The maximum atomic E-state index is 12.2. The van der Waals surface area contributed by atoms with Crippen LogP contribution in [0.5, 0.6) is 5.75 Å². The maximum absolute atomic E-state index is 12.2. The van der Waals surface area contributed by atoms with Gasteiger partial charge in [-0.2, -0.15) is 5.10 Å². The molecule has 0 radical (unpaired) electrons. The van der Waals surface area contributed by atoms with Gasteiger partial charge in [-0.25, -0.2) is 0 Å². The van der Waals surface area contributed by atoms with Crippen LogP contribution in [0.2, 0.25) is 0 Å². The first-order chi connectivity index (χ1) is 11.1. The predicted octanol–water partition coefficient (Wildman–Crippen LogP) is 2.00. The topological polar surface area (TPSA) is 79.0 Å². The maximum Gasteiger partial charge on any atom is 0.263 e. The summed E-state index contributed by atoms with van der Waals surface area (Å²) < 4.78 is 5.74. The first-order valence-electron chi connectivity index (χ1n) is 7.82. The van der Waals surface area contributed by atoms with Gasteiger partial charge >= 0.3 is 0 Å². The zero-order valence-electron chi connectivity index (χ0n) is 13.7. The number of hydrogen-bond donors (Lipinski definition) is 3. The zero-order valence-corrected chi connectivity index (χ0v) is 13.7. The van der Waals surface area contributed by atoms with Crippen LogP contribution in [-0.4, -0.2) is 29.3 Å². The minimum Gasteiger partial charge on any atom is -0.483 e. The molecular weight excluding hydrogens is 292 g/mol. The second-order valence-corrected chi connectivity index (χ2v) is 5.95. The fraction of sp³-hybridized carbons (Fsp3) is 0.412. The molecule has 0 bridgehead atoms. The Kier molecular flexibility index (Phi) is 4.34. The molecule has 0 spiro atoms. The number of carbonyl (C=O) groups is 1. The summed E-state index contributed by atoms with van der Waals surface area (Å²) in [5.41, 5.74) is 5.37. The quantitative estimate of drug-likeness (QED) is 0.806. The normalized spacial score (nSPS) is 13.5. The number of nitrogens with zero attached hydrogens (tertiary/aromatic N) is 1. The zero-order chi connectivity index (χ0) is 16.4. The molecular formula is C17H22N4O2. The second-order valence-electron chi connectivity index (χ2n) is 5.95. The van der Waals surface area contributed by atoms with Crippen molar-refractivity contribution in [2.24, 2.45) is 0 Å². The Labute approximate surface area is 135 Å². The van der Waals surface area contributed by atoms with Gasteiger partial charge in [0, 0.05) is 30.8 Å². The molecule has 6 heteroatoms. The molecule has 1 amide bonds. The van der Waals surface area contributed by atoms with E-state index in [0.29, 0.717) is 5.82 Å². The van der Waals surface area contributed by atoms with Crippen molar-refractivity contribution < 1.29 is 9.53 Å². The first kappa shape index (κ1) is 15.6. The Balaban J connectivity index is 1.65. The highest BCUT2D eigenvalue weighted by Gasteiger charge is 2.18. The number of anilines is 1. The molecule has 23 heavy (non-hydrogen) atoms. The number of aromatic nitrogens is 2. The highest BCUT2D eigenvalue weighted by atomic mass is 16.5. The van der Waals surface area contributed by atoms with Gasteiger partial charge in [0.1, 0.15) is 5.75 Å². The Morgan fingerprint density at radius 3 is 2.91 bits per heavy atom. The third-order valence-corrected chi connectivity index (χ3v) is 4.29. The lowest BCUT2D eigenvalue weighted by molar-refractivity contribution is -0.118. The number of ether oxygens (including phenoxy) is 1. The van der Waals surface area contributed by atoms with Gasteiger partial charge in [0.05, 0.1) is 0 Å². The number of H-pyrrole nitrogens is 1.